The fraction of sp³-hybridized carbons (Fsp3) is 0.250. The van der Waals surface area contributed by atoms with E-state index in [1.54, 1.807) is 19.1 Å². The minimum Gasteiger partial charge on any atom is -0.378 e. The third-order valence-electron chi connectivity index (χ3n) is 4.40. The van der Waals surface area contributed by atoms with Gasteiger partial charge in [0.1, 0.15) is 0 Å². The number of rotatable bonds is 9. The van der Waals surface area contributed by atoms with E-state index in [0.717, 1.165) is 11.5 Å². The van der Waals surface area contributed by atoms with Gasteiger partial charge in [0.25, 0.3) is 5.69 Å². The normalized spacial score (nSPS) is 11.7. The Balaban J connectivity index is 1.61. The molecule has 162 valence electrons. The molecule has 0 aliphatic heterocycles. The molecule has 2 N–H and O–H groups in total. The van der Waals surface area contributed by atoms with Gasteiger partial charge in [-0.15, -0.1) is 10.2 Å². The number of aromatic nitrogens is 3. The molecular formula is C20H21ClN6O3S. The third kappa shape index (κ3) is 5.96. The van der Waals surface area contributed by atoms with Crippen molar-refractivity contribution < 1.29 is 9.72 Å². The molecule has 0 radical (unpaired) electrons. The number of nitrogens with zero attached hydrogens (tertiary/aromatic N) is 4. The SMILES string of the molecule is CCn1c(CNc2ccc(Cl)cc2)nnc1S[C@@H](C)C(=O)Nc1ccc([N+](=O)[O-])cc1. The number of benzene rings is 2. The van der Waals surface area contributed by atoms with Gasteiger partial charge in [-0.25, -0.2) is 0 Å². The molecule has 1 amide bonds. The summed E-state index contributed by atoms with van der Waals surface area (Å²) in [6.45, 7) is 4.89. The Morgan fingerprint density at radius 2 is 1.81 bits per heavy atom. The molecule has 0 fully saturated rings. The molecule has 1 atom stereocenters. The molecule has 31 heavy (non-hydrogen) atoms. The van der Waals surface area contributed by atoms with E-state index < -0.39 is 10.2 Å². The van der Waals surface area contributed by atoms with E-state index in [2.05, 4.69) is 20.8 Å². The second kappa shape index (κ2) is 10.3. The van der Waals surface area contributed by atoms with E-state index in [1.165, 1.54) is 36.0 Å². The first-order chi connectivity index (χ1) is 14.9. The van der Waals surface area contributed by atoms with Gasteiger partial charge in [-0.3, -0.25) is 14.9 Å². The Labute approximate surface area is 188 Å². The second-order valence-electron chi connectivity index (χ2n) is 6.56. The first-order valence-electron chi connectivity index (χ1n) is 9.51. The van der Waals surface area contributed by atoms with Crippen LogP contribution in [0.1, 0.15) is 19.7 Å². The molecule has 0 aliphatic rings. The molecule has 0 saturated heterocycles. The number of halogens is 1. The van der Waals surface area contributed by atoms with E-state index in [-0.39, 0.29) is 11.6 Å². The first kappa shape index (κ1) is 22.6. The zero-order valence-electron chi connectivity index (χ0n) is 16.9. The first-order valence-corrected chi connectivity index (χ1v) is 10.8. The van der Waals surface area contributed by atoms with Gasteiger partial charge in [0, 0.05) is 35.1 Å². The van der Waals surface area contributed by atoms with Crippen molar-refractivity contribution in [3.05, 3.63) is 69.5 Å². The number of nitro benzene ring substituents is 1. The summed E-state index contributed by atoms with van der Waals surface area (Å²) in [5.74, 6) is 0.522. The van der Waals surface area contributed by atoms with Gasteiger partial charge in [-0.05, 0) is 50.2 Å². The Kier molecular flexibility index (Phi) is 7.48. The Morgan fingerprint density at radius 1 is 1.16 bits per heavy atom. The van der Waals surface area contributed by atoms with E-state index in [9.17, 15) is 14.9 Å². The van der Waals surface area contributed by atoms with Crippen LogP contribution in [0.5, 0.6) is 0 Å². The summed E-state index contributed by atoms with van der Waals surface area (Å²) in [6.07, 6.45) is 0. The minimum absolute atomic E-state index is 0.0313. The summed E-state index contributed by atoms with van der Waals surface area (Å²) in [5.41, 5.74) is 1.38. The van der Waals surface area contributed by atoms with Crippen molar-refractivity contribution in [1.82, 2.24) is 14.8 Å². The highest BCUT2D eigenvalue weighted by atomic mass is 35.5. The summed E-state index contributed by atoms with van der Waals surface area (Å²) < 4.78 is 1.95. The van der Waals surface area contributed by atoms with Crippen LogP contribution in [0, 0.1) is 10.1 Å². The van der Waals surface area contributed by atoms with Crippen LogP contribution < -0.4 is 10.6 Å². The third-order valence-corrected chi connectivity index (χ3v) is 5.73. The molecule has 1 aromatic heterocycles. The molecular weight excluding hydrogens is 440 g/mol. The molecule has 0 bridgehead atoms. The average Bonchev–Trinajstić information content (AvgIpc) is 3.15. The fourth-order valence-electron chi connectivity index (χ4n) is 2.73. The van der Waals surface area contributed by atoms with Crippen LogP contribution in [0.25, 0.3) is 0 Å². The lowest BCUT2D eigenvalue weighted by molar-refractivity contribution is -0.384. The molecule has 11 heteroatoms. The van der Waals surface area contributed by atoms with Crippen LogP contribution in [0.15, 0.2) is 53.7 Å². The number of amides is 1. The van der Waals surface area contributed by atoms with Gasteiger partial charge in [-0.1, -0.05) is 23.4 Å². The number of nitrogens with one attached hydrogen (secondary N) is 2. The number of anilines is 2. The van der Waals surface area contributed by atoms with Crippen LogP contribution >= 0.6 is 23.4 Å². The maximum Gasteiger partial charge on any atom is 0.269 e. The number of nitro groups is 1. The number of carbonyl (C=O) groups excluding carboxylic acids is 1. The highest BCUT2D eigenvalue weighted by Crippen LogP contribution is 2.24. The van der Waals surface area contributed by atoms with E-state index in [0.29, 0.717) is 29.0 Å². The lowest BCUT2D eigenvalue weighted by atomic mass is 10.3. The summed E-state index contributed by atoms with van der Waals surface area (Å²) in [7, 11) is 0. The molecule has 0 unspecified atom stereocenters. The molecule has 0 aliphatic carbocycles. The molecule has 1 heterocycles. The van der Waals surface area contributed by atoms with Crippen LogP contribution in [-0.2, 0) is 17.9 Å². The summed E-state index contributed by atoms with van der Waals surface area (Å²) in [5, 5.41) is 26.1. The summed E-state index contributed by atoms with van der Waals surface area (Å²) in [4.78, 5) is 22.8. The molecule has 0 spiro atoms. The standard InChI is InChI=1S/C20H21ClN6O3S/c1-3-26-18(12-22-15-6-4-14(21)5-7-15)24-25-20(26)31-13(2)19(28)23-16-8-10-17(11-9-16)27(29)30/h4-11,13,22H,3,12H2,1-2H3,(H,23,28)/t13-/m0/s1. The average molecular weight is 461 g/mol. The zero-order valence-corrected chi connectivity index (χ0v) is 18.5. The molecule has 2 aromatic carbocycles. The van der Waals surface area contributed by atoms with Gasteiger partial charge in [0.15, 0.2) is 11.0 Å². The number of hydrogen-bond acceptors (Lipinski definition) is 7. The van der Waals surface area contributed by atoms with E-state index in [1.807, 2.05) is 23.6 Å². The second-order valence-corrected chi connectivity index (χ2v) is 8.30. The van der Waals surface area contributed by atoms with Gasteiger partial charge in [-0.2, -0.15) is 0 Å². The van der Waals surface area contributed by atoms with Crippen molar-refractivity contribution in [2.45, 2.75) is 37.3 Å². The molecule has 3 aromatic rings. The maximum absolute atomic E-state index is 12.5. The van der Waals surface area contributed by atoms with E-state index in [4.69, 9.17) is 11.6 Å². The Hall–Kier alpha value is -3.11. The topological polar surface area (TPSA) is 115 Å². The van der Waals surface area contributed by atoms with Gasteiger partial charge >= 0.3 is 0 Å². The van der Waals surface area contributed by atoms with Crippen LogP contribution in [0.4, 0.5) is 17.1 Å². The van der Waals surface area contributed by atoms with E-state index >= 15 is 0 Å². The van der Waals surface area contributed by atoms with Crippen molar-refractivity contribution in [1.29, 1.82) is 0 Å². The van der Waals surface area contributed by atoms with Gasteiger partial charge in [0.2, 0.25) is 5.91 Å². The number of carbonyl (C=O) groups is 1. The maximum atomic E-state index is 12.5. The molecule has 9 nitrogen and oxygen atoms in total. The molecule has 0 saturated carbocycles. The molecule has 3 rings (SSSR count). The van der Waals surface area contributed by atoms with Crippen LogP contribution in [0.3, 0.4) is 0 Å². The van der Waals surface area contributed by atoms with Crippen LogP contribution in [0.2, 0.25) is 5.02 Å². The van der Waals surface area contributed by atoms with Gasteiger partial charge in [0.05, 0.1) is 16.7 Å². The summed E-state index contributed by atoms with van der Waals surface area (Å²) in [6, 6.07) is 13.1. The highest BCUT2D eigenvalue weighted by molar-refractivity contribution is 8.00. The van der Waals surface area contributed by atoms with Crippen LogP contribution in [-0.4, -0.2) is 30.8 Å². The number of non-ortho nitro benzene ring substituents is 1. The van der Waals surface area contributed by atoms with Crippen molar-refractivity contribution in [3.8, 4) is 0 Å². The number of thioether (sulfide) groups is 1. The van der Waals surface area contributed by atoms with Gasteiger partial charge < -0.3 is 15.2 Å². The quantitative estimate of drug-likeness (QED) is 0.272. The number of hydrogen-bond donors (Lipinski definition) is 2. The highest BCUT2D eigenvalue weighted by Gasteiger charge is 2.20. The zero-order chi connectivity index (χ0) is 22.4. The van der Waals surface area contributed by atoms with Crippen molar-refractivity contribution >= 4 is 46.3 Å². The minimum atomic E-state index is -0.485. The predicted octanol–water partition coefficient (Wildman–Crippen LogP) is 4.59. The monoisotopic (exact) mass is 460 g/mol. The Bertz CT molecular complexity index is 1060. The smallest absolute Gasteiger partial charge is 0.269 e. The van der Waals surface area contributed by atoms with Crippen molar-refractivity contribution in [2.24, 2.45) is 0 Å². The van der Waals surface area contributed by atoms with Crippen molar-refractivity contribution in [2.75, 3.05) is 10.6 Å². The lowest BCUT2D eigenvalue weighted by Gasteiger charge is -2.13. The van der Waals surface area contributed by atoms with Crippen molar-refractivity contribution in [3.63, 3.8) is 0 Å². The fourth-order valence-corrected chi connectivity index (χ4v) is 3.78. The lowest BCUT2D eigenvalue weighted by Crippen LogP contribution is -2.23. The Morgan fingerprint density at radius 3 is 2.42 bits per heavy atom. The summed E-state index contributed by atoms with van der Waals surface area (Å²) >= 11 is 7.21. The largest absolute Gasteiger partial charge is 0.378 e. The predicted molar refractivity (Wildman–Crippen MR) is 122 cm³/mol.